The minimum absolute atomic E-state index is 0.191. The number of hydrogen-bond acceptors (Lipinski definition) is 2. The first kappa shape index (κ1) is 10.0. The number of aromatic amines is 1. The molecular weight excluding hydrogens is 218 g/mol. The second kappa shape index (κ2) is 3.42. The molecule has 0 saturated heterocycles. The molecule has 3 nitrogen and oxygen atoms in total. The predicted octanol–water partition coefficient (Wildman–Crippen LogP) is 3.38. The Morgan fingerprint density at radius 1 is 1.44 bits per heavy atom. The second-order valence-corrected chi connectivity index (χ2v) is 5.25. The molecule has 84 valence electrons. The largest absolute Gasteiger partial charge is 0.329 e. The molecule has 0 bridgehead atoms. The first-order chi connectivity index (χ1) is 7.71. The summed E-state index contributed by atoms with van der Waals surface area (Å²) in [4.78, 5) is 7.37. The maximum Gasteiger partial charge on any atom is 0.178 e. The summed E-state index contributed by atoms with van der Waals surface area (Å²) in [5.74, 6) is 0. The molecular formula is C12H15N3S. The first-order valence-corrected chi connectivity index (χ1v) is 6.17. The predicted molar refractivity (Wildman–Crippen MR) is 67.0 cm³/mol. The van der Waals surface area contributed by atoms with Crippen LogP contribution in [-0.2, 0) is 5.54 Å². The van der Waals surface area contributed by atoms with Crippen LogP contribution in [0.3, 0.4) is 0 Å². The van der Waals surface area contributed by atoms with Crippen molar-refractivity contribution in [2.45, 2.75) is 38.1 Å². The number of pyridine rings is 1. The molecule has 2 heterocycles. The third kappa shape index (κ3) is 1.33. The number of fused-ring (bicyclic) bond motifs is 1. The minimum atomic E-state index is 0.191. The van der Waals surface area contributed by atoms with E-state index in [1.165, 1.54) is 31.2 Å². The smallest absolute Gasteiger partial charge is 0.178 e. The van der Waals surface area contributed by atoms with Crippen LogP contribution in [0.25, 0.3) is 11.0 Å². The van der Waals surface area contributed by atoms with Gasteiger partial charge in [-0.15, -0.1) is 0 Å². The van der Waals surface area contributed by atoms with Crippen molar-refractivity contribution < 1.29 is 0 Å². The Hall–Kier alpha value is -1.16. The van der Waals surface area contributed by atoms with Gasteiger partial charge in [0.1, 0.15) is 0 Å². The average Bonchev–Trinajstić information content (AvgIpc) is 2.81. The number of nitrogens with one attached hydrogen (secondary N) is 1. The molecule has 1 aliphatic carbocycles. The lowest BCUT2D eigenvalue weighted by Gasteiger charge is -2.26. The highest BCUT2D eigenvalue weighted by Crippen LogP contribution is 2.38. The molecule has 4 heteroatoms. The van der Waals surface area contributed by atoms with E-state index in [1.807, 2.05) is 18.5 Å². The molecule has 0 aliphatic heterocycles. The highest BCUT2D eigenvalue weighted by Gasteiger charge is 2.32. The minimum Gasteiger partial charge on any atom is -0.329 e. The highest BCUT2D eigenvalue weighted by atomic mass is 32.1. The molecule has 1 fully saturated rings. The monoisotopic (exact) mass is 233 g/mol. The van der Waals surface area contributed by atoms with Gasteiger partial charge in [0.05, 0.1) is 17.2 Å². The van der Waals surface area contributed by atoms with Crippen molar-refractivity contribution in [1.82, 2.24) is 14.5 Å². The SMILES string of the molecule is CC1(n2c(=S)[nH]c3cnccc32)CCCC1. The quantitative estimate of drug-likeness (QED) is 0.766. The Balaban J connectivity index is 2.30. The molecule has 16 heavy (non-hydrogen) atoms. The van der Waals surface area contributed by atoms with Gasteiger partial charge in [-0.1, -0.05) is 12.8 Å². The molecule has 2 aromatic rings. The molecule has 0 spiro atoms. The van der Waals surface area contributed by atoms with E-state index in [0.29, 0.717) is 0 Å². The van der Waals surface area contributed by atoms with E-state index in [2.05, 4.69) is 21.5 Å². The van der Waals surface area contributed by atoms with E-state index in [0.717, 1.165) is 10.3 Å². The Morgan fingerprint density at radius 3 is 2.94 bits per heavy atom. The Bertz CT molecular complexity index is 575. The van der Waals surface area contributed by atoms with Gasteiger partial charge in [0.2, 0.25) is 0 Å². The van der Waals surface area contributed by atoms with Gasteiger partial charge < -0.3 is 9.55 Å². The van der Waals surface area contributed by atoms with Crippen LogP contribution >= 0.6 is 12.2 Å². The molecule has 0 unspecified atom stereocenters. The third-order valence-electron chi connectivity index (χ3n) is 3.70. The normalized spacial score (nSPS) is 19.3. The van der Waals surface area contributed by atoms with E-state index >= 15 is 0 Å². The summed E-state index contributed by atoms with van der Waals surface area (Å²) in [6.45, 7) is 2.31. The fourth-order valence-electron chi connectivity index (χ4n) is 2.86. The van der Waals surface area contributed by atoms with Crippen molar-refractivity contribution in [3.8, 4) is 0 Å². The maximum atomic E-state index is 5.44. The topological polar surface area (TPSA) is 33.6 Å². The van der Waals surface area contributed by atoms with Crippen LogP contribution < -0.4 is 0 Å². The zero-order chi connectivity index (χ0) is 11.2. The molecule has 0 aromatic carbocycles. The summed E-state index contributed by atoms with van der Waals surface area (Å²) in [5, 5.41) is 0. The lowest BCUT2D eigenvalue weighted by Crippen LogP contribution is -2.26. The molecule has 0 atom stereocenters. The fourth-order valence-corrected chi connectivity index (χ4v) is 3.28. The van der Waals surface area contributed by atoms with Gasteiger partial charge in [0.15, 0.2) is 4.77 Å². The Morgan fingerprint density at radius 2 is 2.19 bits per heavy atom. The fraction of sp³-hybridized carbons (Fsp3) is 0.500. The van der Waals surface area contributed by atoms with Gasteiger partial charge in [0.25, 0.3) is 0 Å². The van der Waals surface area contributed by atoms with Crippen molar-refractivity contribution in [3.63, 3.8) is 0 Å². The maximum absolute atomic E-state index is 5.44. The molecule has 1 saturated carbocycles. The van der Waals surface area contributed by atoms with Crippen molar-refractivity contribution in [2.24, 2.45) is 0 Å². The van der Waals surface area contributed by atoms with Crippen molar-refractivity contribution in [2.75, 3.05) is 0 Å². The standard InChI is InChI=1S/C12H15N3S/c1-12(5-2-3-6-12)15-10-4-7-13-8-9(10)14-11(15)16/h4,7-8H,2-3,5-6H2,1H3,(H,14,16). The molecule has 1 N–H and O–H groups in total. The summed E-state index contributed by atoms with van der Waals surface area (Å²) < 4.78 is 3.11. The number of H-pyrrole nitrogens is 1. The van der Waals surface area contributed by atoms with Crippen LogP contribution in [0.15, 0.2) is 18.5 Å². The van der Waals surface area contributed by atoms with Crippen LogP contribution in [0.5, 0.6) is 0 Å². The lowest BCUT2D eigenvalue weighted by atomic mass is 10.0. The Kier molecular flexibility index (Phi) is 2.14. The molecule has 3 rings (SSSR count). The highest BCUT2D eigenvalue weighted by molar-refractivity contribution is 7.71. The number of rotatable bonds is 1. The van der Waals surface area contributed by atoms with Crippen molar-refractivity contribution >= 4 is 23.3 Å². The third-order valence-corrected chi connectivity index (χ3v) is 3.99. The van der Waals surface area contributed by atoms with Gasteiger partial charge in [-0.3, -0.25) is 4.98 Å². The Labute approximate surface area is 99.5 Å². The summed E-state index contributed by atoms with van der Waals surface area (Å²) >= 11 is 5.44. The van der Waals surface area contributed by atoms with Crippen LogP contribution in [0.4, 0.5) is 0 Å². The van der Waals surface area contributed by atoms with E-state index in [4.69, 9.17) is 12.2 Å². The van der Waals surface area contributed by atoms with E-state index in [-0.39, 0.29) is 5.54 Å². The molecule has 1 aliphatic rings. The van der Waals surface area contributed by atoms with Crippen LogP contribution in [0, 0.1) is 4.77 Å². The lowest BCUT2D eigenvalue weighted by molar-refractivity contribution is 0.335. The van der Waals surface area contributed by atoms with Gasteiger partial charge in [-0.25, -0.2) is 0 Å². The van der Waals surface area contributed by atoms with Gasteiger partial charge in [-0.05, 0) is 38.0 Å². The van der Waals surface area contributed by atoms with Gasteiger partial charge >= 0.3 is 0 Å². The zero-order valence-electron chi connectivity index (χ0n) is 9.36. The number of hydrogen-bond donors (Lipinski definition) is 1. The summed E-state index contributed by atoms with van der Waals surface area (Å²) in [6.07, 6.45) is 8.72. The molecule has 0 amide bonds. The first-order valence-electron chi connectivity index (χ1n) is 5.76. The van der Waals surface area contributed by atoms with E-state index < -0.39 is 0 Å². The van der Waals surface area contributed by atoms with Crippen LogP contribution in [-0.4, -0.2) is 14.5 Å². The van der Waals surface area contributed by atoms with Crippen molar-refractivity contribution in [1.29, 1.82) is 0 Å². The van der Waals surface area contributed by atoms with E-state index in [9.17, 15) is 0 Å². The average molecular weight is 233 g/mol. The van der Waals surface area contributed by atoms with Crippen LogP contribution in [0.2, 0.25) is 0 Å². The summed E-state index contributed by atoms with van der Waals surface area (Å²) in [7, 11) is 0. The summed E-state index contributed by atoms with van der Waals surface area (Å²) in [5.41, 5.74) is 2.42. The number of imidazole rings is 1. The number of aromatic nitrogens is 3. The molecule has 0 radical (unpaired) electrons. The number of nitrogens with zero attached hydrogens (tertiary/aromatic N) is 2. The van der Waals surface area contributed by atoms with Gasteiger partial charge in [0, 0.05) is 11.7 Å². The van der Waals surface area contributed by atoms with E-state index in [1.54, 1.807) is 0 Å². The summed E-state index contributed by atoms with van der Waals surface area (Å²) in [6, 6.07) is 2.05. The second-order valence-electron chi connectivity index (χ2n) is 4.86. The zero-order valence-corrected chi connectivity index (χ0v) is 10.2. The van der Waals surface area contributed by atoms with Gasteiger partial charge in [-0.2, -0.15) is 0 Å². The molecule has 2 aromatic heterocycles. The van der Waals surface area contributed by atoms with Crippen molar-refractivity contribution in [3.05, 3.63) is 23.2 Å². The van der Waals surface area contributed by atoms with Crippen LogP contribution in [0.1, 0.15) is 32.6 Å².